The van der Waals surface area contributed by atoms with Crippen LogP contribution >= 0.6 is 35.0 Å². The third kappa shape index (κ3) is 8.50. The van der Waals surface area contributed by atoms with Crippen LogP contribution in [0.1, 0.15) is 46.1 Å². The molecule has 0 fully saturated rings. The Morgan fingerprint density at radius 2 is 1.71 bits per heavy atom. The summed E-state index contributed by atoms with van der Waals surface area (Å²) in [6, 6.07) is 20.2. The van der Waals surface area contributed by atoms with E-state index in [1.165, 1.54) is 17.8 Å². The van der Waals surface area contributed by atoms with Crippen molar-refractivity contribution in [2.45, 2.75) is 56.1 Å². The lowest BCUT2D eigenvalue weighted by molar-refractivity contribution is -0.113. The van der Waals surface area contributed by atoms with Crippen LogP contribution in [-0.4, -0.2) is 34.8 Å². The molecule has 0 spiro atoms. The normalized spacial score (nSPS) is 12.3. The highest BCUT2D eigenvalue weighted by Gasteiger charge is 2.23. The summed E-state index contributed by atoms with van der Waals surface area (Å²) < 4.78 is 31.0. The van der Waals surface area contributed by atoms with Crippen molar-refractivity contribution in [3.8, 4) is 11.4 Å². The first-order valence-electron chi connectivity index (χ1n) is 13.5. The number of carbonyl (C=O) groups is 1. The van der Waals surface area contributed by atoms with Crippen LogP contribution in [0.4, 0.5) is 11.4 Å². The van der Waals surface area contributed by atoms with Gasteiger partial charge in [-0.25, -0.2) is 8.42 Å². The summed E-state index contributed by atoms with van der Waals surface area (Å²) in [6.45, 7) is 6.47. The lowest BCUT2D eigenvalue weighted by atomic mass is 10.0. The van der Waals surface area contributed by atoms with Gasteiger partial charge in [-0.15, -0.1) is 10.2 Å². The first kappa shape index (κ1) is 31.9. The number of sulfonamides is 1. The summed E-state index contributed by atoms with van der Waals surface area (Å²) in [5, 5.41) is 13.1. The fraction of sp³-hybridized carbons (Fsp3) is 0.300. The second-order valence-electron chi connectivity index (χ2n) is 10.3. The number of aromatic nitrogens is 3. The number of amides is 1. The van der Waals surface area contributed by atoms with Crippen LogP contribution in [0.3, 0.4) is 0 Å². The Kier molecular flexibility index (Phi) is 10.9. The molecule has 0 saturated carbocycles. The molecule has 0 aliphatic rings. The number of nitrogens with one attached hydrogen (secondary N) is 2. The highest BCUT2D eigenvalue weighted by Crippen LogP contribution is 2.32. The molecule has 1 heterocycles. The summed E-state index contributed by atoms with van der Waals surface area (Å²) in [4.78, 5) is 12.8. The van der Waals surface area contributed by atoms with E-state index in [2.05, 4.69) is 41.0 Å². The first-order valence-corrected chi connectivity index (χ1v) is 16.8. The molecule has 1 amide bonds. The number of carbonyl (C=O) groups excluding carboxylic acids is 1. The van der Waals surface area contributed by atoms with Gasteiger partial charge in [0.05, 0.1) is 21.4 Å². The SMILES string of the molecule is CC(C)CCC[C@H](C)n1c(SCC(=O)Nc2cccc(Cl)c2)nnc1-c1cccc(S(=O)(=O)Nc2ccccc2Cl)c1. The number of halogens is 2. The van der Waals surface area contributed by atoms with Gasteiger partial charge in [0.2, 0.25) is 5.91 Å². The van der Waals surface area contributed by atoms with Crippen molar-refractivity contribution in [1.82, 2.24) is 14.8 Å². The van der Waals surface area contributed by atoms with Gasteiger partial charge in [-0.2, -0.15) is 0 Å². The van der Waals surface area contributed by atoms with Crippen molar-refractivity contribution in [2.24, 2.45) is 5.92 Å². The second-order valence-corrected chi connectivity index (χ2v) is 13.8. The van der Waals surface area contributed by atoms with E-state index < -0.39 is 10.0 Å². The molecule has 222 valence electrons. The van der Waals surface area contributed by atoms with E-state index in [0.29, 0.717) is 43.9 Å². The van der Waals surface area contributed by atoms with Crippen LogP contribution in [0.25, 0.3) is 11.4 Å². The third-order valence-corrected chi connectivity index (χ3v) is 9.34. The lowest BCUT2D eigenvalue weighted by Crippen LogP contribution is -2.15. The Bertz CT molecular complexity index is 1640. The minimum atomic E-state index is -3.93. The van der Waals surface area contributed by atoms with Crippen molar-refractivity contribution in [2.75, 3.05) is 15.8 Å². The summed E-state index contributed by atoms with van der Waals surface area (Å²) in [5.41, 5.74) is 1.50. The Morgan fingerprint density at radius 3 is 2.45 bits per heavy atom. The van der Waals surface area contributed by atoms with Crippen LogP contribution < -0.4 is 10.0 Å². The standard InChI is InChI=1S/C30H33Cl2N5O3S2/c1-20(2)9-6-10-21(3)37-29(34-35-30(37)41-19-28(38)33-24-13-8-12-23(31)18-24)22-11-7-14-25(17-22)42(39,40)36-27-16-5-4-15-26(27)32/h4-5,7-8,11-18,20-21,36H,6,9-10,19H2,1-3H3,(H,33,38)/t21-/m0/s1. The molecule has 0 bridgehead atoms. The highest BCUT2D eigenvalue weighted by molar-refractivity contribution is 7.99. The van der Waals surface area contributed by atoms with Gasteiger partial charge in [-0.05, 0) is 61.7 Å². The van der Waals surface area contributed by atoms with E-state index in [-0.39, 0.29) is 22.6 Å². The van der Waals surface area contributed by atoms with Gasteiger partial charge in [0, 0.05) is 22.3 Å². The maximum atomic E-state index is 13.2. The molecule has 3 aromatic carbocycles. The molecule has 42 heavy (non-hydrogen) atoms. The number of hydrogen-bond donors (Lipinski definition) is 2. The Labute approximate surface area is 261 Å². The molecule has 4 rings (SSSR count). The molecule has 8 nitrogen and oxygen atoms in total. The van der Waals surface area contributed by atoms with E-state index in [4.69, 9.17) is 23.2 Å². The summed E-state index contributed by atoms with van der Waals surface area (Å²) in [7, 11) is -3.93. The fourth-order valence-electron chi connectivity index (χ4n) is 4.36. The van der Waals surface area contributed by atoms with Gasteiger partial charge in [0.25, 0.3) is 10.0 Å². The molecule has 0 aliphatic carbocycles. The van der Waals surface area contributed by atoms with E-state index in [9.17, 15) is 13.2 Å². The van der Waals surface area contributed by atoms with E-state index in [1.54, 1.807) is 66.7 Å². The smallest absolute Gasteiger partial charge is 0.261 e. The highest BCUT2D eigenvalue weighted by atomic mass is 35.5. The van der Waals surface area contributed by atoms with Gasteiger partial charge >= 0.3 is 0 Å². The number of nitrogens with zero attached hydrogens (tertiary/aromatic N) is 3. The fourth-order valence-corrected chi connectivity index (χ4v) is 6.75. The summed E-state index contributed by atoms with van der Waals surface area (Å²) in [6.07, 6.45) is 2.96. The Morgan fingerprint density at radius 1 is 0.952 bits per heavy atom. The molecule has 1 aromatic heterocycles. The molecule has 12 heteroatoms. The number of thioether (sulfide) groups is 1. The number of hydrogen-bond acceptors (Lipinski definition) is 6. The first-order chi connectivity index (χ1) is 20.0. The molecular weight excluding hydrogens is 613 g/mol. The quantitative estimate of drug-likeness (QED) is 0.142. The predicted octanol–water partition coefficient (Wildman–Crippen LogP) is 8.17. The van der Waals surface area contributed by atoms with Gasteiger partial charge in [0.15, 0.2) is 11.0 Å². The third-order valence-electron chi connectivity index (χ3n) is 6.47. The van der Waals surface area contributed by atoms with Gasteiger partial charge in [0.1, 0.15) is 0 Å². The number of para-hydroxylation sites is 1. The largest absolute Gasteiger partial charge is 0.325 e. The van der Waals surface area contributed by atoms with Crippen LogP contribution in [0.2, 0.25) is 10.0 Å². The maximum absolute atomic E-state index is 13.2. The van der Waals surface area contributed by atoms with Crippen molar-refractivity contribution in [3.63, 3.8) is 0 Å². The number of anilines is 2. The predicted molar refractivity (Wildman–Crippen MR) is 172 cm³/mol. The average Bonchev–Trinajstić information content (AvgIpc) is 3.37. The molecular formula is C30H33Cl2N5O3S2. The van der Waals surface area contributed by atoms with Gasteiger partial charge < -0.3 is 5.32 Å². The minimum Gasteiger partial charge on any atom is -0.325 e. The molecule has 0 radical (unpaired) electrons. The topological polar surface area (TPSA) is 106 Å². The molecule has 4 aromatic rings. The van der Waals surface area contributed by atoms with Gasteiger partial charge in [-0.3, -0.25) is 14.1 Å². The zero-order chi connectivity index (χ0) is 30.3. The zero-order valence-corrected chi connectivity index (χ0v) is 26.7. The van der Waals surface area contributed by atoms with Crippen LogP contribution in [0.5, 0.6) is 0 Å². The van der Waals surface area contributed by atoms with E-state index in [0.717, 1.165) is 19.3 Å². The summed E-state index contributed by atoms with van der Waals surface area (Å²) >= 11 is 13.5. The van der Waals surface area contributed by atoms with Crippen molar-refractivity contribution < 1.29 is 13.2 Å². The lowest BCUT2D eigenvalue weighted by Gasteiger charge is -2.19. The monoisotopic (exact) mass is 645 g/mol. The molecule has 0 aliphatic heterocycles. The second kappa shape index (κ2) is 14.4. The molecule has 0 unspecified atom stereocenters. The summed E-state index contributed by atoms with van der Waals surface area (Å²) in [5.74, 6) is 1.01. The maximum Gasteiger partial charge on any atom is 0.261 e. The van der Waals surface area contributed by atoms with E-state index >= 15 is 0 Å². The van der Waals surface area contributed by atoms with Crippen LogP contribution in [0.15, 0.2) is 82.8 Å². The molecule has 2 N–H and O–H groups in total. The number of rotatable bonds is 13. The number of benzene rings is 3. The molecule has 0 saturated heterocycles. The zero-order valence-electron chi connectivity index (χ0n) is 23.6. The Balaban J connectivity index is 1.60. The minimum absolute atomic E-state index is 0.00811. The molecule has 1 atom stereocenters. The Hall–Kier alpha value is -3.05. The van der Waals surface area contributed by atoms with Crippen LogP contribution in [0, 0.1) is 5.92 Å². The van der Waals surface area contributed by atoms with Crippen molar-refractivity contribution in [1.29, 1.82) is 0 Å². The van der Waals surface area contributed by atoms with Gasteiger partial charge in [-0.1, -0.05) is 92.0 Å². The van der Waals surface area contributed by atoms with Crippen LogP contribution in [-0.2, 0) is 14.8 Å². The average molecular weight is 647 g/mol. The van der Waals surface area contributed by atoms with Crippen molar-refractivity contribution in [3.05, 3.63) is 82.8 Å². The van der Waals surface area contributed by atoms with Crippen molar-refractivity contribution >= 4 is 62.3 Å². The van der Waals surface area contributed by atoms with E-state index in [1.807, 2.05) is 4.57 Å².